The molecule has 0 saturated carbocycles. The van der Waals surface area contributed by atoms with Gasteiger partial charge in [0.1, 0.15) is 17.3 Å². The third kappa shape index (κ3) is 8.01. The van der Waals surface area contributed by atoms with E-state index in [2.05, 4.69) is 15.6 Å². The molecule has 0 spiro atoms. The van der Waals surface area contributed by atoms with Crippen LogP contribution in [0.25, 0.3) is 0 Å². The molecule has 1 atom stereocenters. The van der Waals surface area contributed by atoms with Crippen molar-refractivity contribution in [1.82, 2.24) is 10.6 Å². The fourth-order valence-electron chi connectivity index (χ4n) is 2.79. The smallest absolute Gasteiger partial charge is 0.416 e. The average Bonchev–Trinajstić information content (AvgIpc) is 2.74. The Morgan fingerprint density at radius 2 is 1.69 bits per heavy atom. The normalized spacial score (nSPS) is 12.6. The molecule has 0 saturated heterocycles. The molecular weight excluding hydrogens is 545 g/mol. The minimum Gasteiger partial charge on any atom is -0.497 e. The molecule has 178 valence electrons. The Morgan fingerprint density at radius 1 is 1.06 bits per heavy atom. The van der Waals surface area contributed by atoms with E-state index in [1.807, 2.05) is 0 Å². The van der Waals surface area contributed by atoms with Crippen molar-refractivity contribution in [2.75, 3.05) is 27.3 Å². The number of methoxy groups -OCH3 is 2. The summed E-state index contributed by atoms with van der Waals surface area (Å²) >= 11 is 0. The lowest BCUT2D eigenvalue weighted by molar-refractivity contribution is -0.138. The van der Waals surface area contributed by atoms with E-state index in [4.69, 9.17) is 9.47 Å². The number of ether oxygens (including phenoxy) is 2. The van der Waals surface area contributed by atoms with Gasteiger partial charge in [0.15, 0.2) is 5.96 Å². The van der Waals surface area contributed by atoms with Crippen molar-refractivity contribution in [2.24, 2.45) is 4.99 Å². The number of alkyl halides is 3. The van der Waals surface area contributed by atoms with E-state index >= 15 is 0 Å². The summed E-state index contributed by atoms with van der Waals surface area (Å²) in [6.45, 7) is 1.94. The summed E-state index contributed by atoms with van der Waals surface area (Å²) in [5, 5.41) is 16.3. The molecule has 0 amide bonds. The highest BCUT2D eigenvalue weighted by Crippen LogP contribution is 2.33. The number of guanidine groups is 1. The molecule has 1 unspecified atom stereocenters. The van der Waals surface area contributed by atoms with Crippen molar-refractivity contribution in [1.29, 1.82) is 0 Å². The van der Waals surface area contributed by atoms with Gasteiger partial charge in [0.05, 0.1) is 32.4 Å². The van der Waals surface area contributed by atoms with Gasteiger partial charge in [-0.2, -0.15) is 13.2 Å². The molecule has 0 aliphatic carbocycles. The molecule has 0 radical (unpaired) electrons. The van der Waals surface area contributed by atoms with Gasteiger partial charge in [0.25, 0.3) is 0 Å². The van der Waals surface area contributed by atoms with Gasteiger partial charge in [-0.15, -0.1) is 24.0 Å². The average molecular weight is 571 g/mol. The molecule has 2 aromatic rings. The summed E-state index contributed by atoms with van der Waals surface area (Å²) in [7, 11) is 2.98. The molecule has 11 heteroatoms. The van der Waals surface area contributed by atoms with Gasteiger partial charge in [-0.25, -0.2) is 9.38 Å². The second-order valence-corrected chi connectivity index (χ2v) is 6.54. The first-order valence-electron chi connectivity index (χ1n) is 9.46. The first kappa shape index (κ1) is 27.8. The Bertz CT molecular complexity index is 888. The predicted molar refractivity (Wildman–Crippen MR) is 124 cm³/mol. The molecule has 2 aromatic carbocycles. The fourth-order valence-corrected chi connectivity index (χ4v) is 2.79. The number of aliphatic imine (C=N–C) groups is 1. The Kier molecular flexibility index (Phi) is 11.0. The molecule has 2 rings (SSSR count). The van der Waals surface area contributed by atoms with Crippen molar-refractivity contribution in [3.05, 3.63) is 58.9 Å². The maximum atomic E-state index is 13.3. The minimum atomic E-state index is -4.69. The number of rotatable bonds is 8. The first-order valence-corrected chi connectivity index (χ1v) is 9.46. The summed E-state index contributed by atoms with van der Waals surface area (Å²) in [4.78, 5) is 4.13. The van der Waals surface area contributed by atoms with Crippen LogP contribution in [0, 0.1) is 5.82 Å². The number of hydrogen-bond donors (Lipinski definition) is 3. The van der Waals surface area contributed by atoms with Gasteiger partial charge in [0, 0.05) is 19.2 Å². The third-order valence-electron chi connectivity index (χ3n) is 4.35. The number of nitrogens with zero attached hydrogens (tertiary/aromatic N) is 1. The fraction of sp³-hybridized carbons (Fsp3) is 0.381. The van der Waals surface area contributed by atoms with Crippen LogP contribution in [0.2, 0.25) is 0 Å². The highest BCUT2D eigenvalue weighted by atomic mass is 127. The number of aliphatic hydroxyl groups is 1. The minimum absolute atomic E-state index is 0. The van der Waals surface area contributed by atoms with Crippen LogP contribution < -0.4 is 20.1 Å². The molecule has 0 aromatic heterocycles. The number of benzene rings is 2. The van der Waals surface area contributed by atoms with Crippen LogP contribution >= 0.6 is 24.0 Å². The van der Waals surface area contributed by atoms with Crippen molar-refractivity contribution < 1.29 is 32.1 Å². The Labute approximate surface area is 201 Å². The summed E-state index contributed by atoms with van der Waals surface area (Å²) < 4.78 is 63.1. The lowest BCUT2D eigenvalue weighted by Crippen LogP contribution is -2.39. The van der Waals surface area contributed by atoms with E-state index < -0.39 is 23.7 Å². The van der Waals surface area contributed by atoms with Gasteiger partial charge < -0.3 is 25.2 Å². The van der Waals surface area contributed by atoms with E-state index in [1.165, 1.54) is 14.2 Å². The quantitative estimate of drug-likeness (QED) is 0.191. The highest BCUT2D eigenvalue weighted by Gasteiger charge is 2.33. The van der Waals surface area contributed by atoms with E-state index in [0.29, 0.717) is 29.7 Å². The summed E-state index contributed by atoms with van der Waals surface area (Å²) in [5.41, 5.74) is -0.711. The monoisotopic (exact) mass is 571 g/mol. The van der Waals surface area contributed by atoms with E-state index in [-0.39, 0.29) is 48.6 Å². The molecule has 0 aliphatic heterocycles. The zero-order chi connectivity index (χ0) is 23.0. The predicted octanol–water partition coefficient (Wildman–Crippen LogP) is 4.27. The van der Waals surface area contributed by atoms with Crippen LogP contribution in [-0.2, 0) is 12.7 Å². The number of aliphatic hydroxyl groups excluding tert-OH is 1. The lowest BCUT2D eigenvalue weighted by Gasteiger charge is -2.17. The molecule has 0 heterocycles. The molecule has 0 aliphatic rings. The van der Waals surface area contributed by atoms with E-state index in [0.717, 1.165) is 12.1 Å². The third-order valence-corrected chi connectivity index (χ3v) is 4.35. The lowest BCUT2D eigenvalue weighted by atomic mass is 10.1. The highest BCUT2D eigenvalue weighted by molar-refractivity contribution is 14.0. The zero-order valence-corrected chi connectivity index (χ0v) is 20.1. The second kappa shape index (κ2) is 12.7. The zero-order valence-electron chi connectivity index (χ0n) is 17.8. The van der Waals surface area contributed by atoms with Gasteiger partial charge in [-0.3, -0.25) is 0 Å². The van der Waals surface area contributed by atoms with Crippen LogP contribution in [0.5, 0.6) is 11.5 Å². The largest absolute Gasteiger partial charge is 0.497 e. The van der Waals surface area contributed by atoms with Crippen LogP contribution in [0.3, 0.4) is 0 Å². The molecule has 0 bridgehead atoms. The van der Waals surface area contributed by atoms with Crippen LogP contribution in [0.1, 0.15) is 29.7 Å². The Balaban J connectivity index is 0.00000512. The van der Waals surface area contributed by atoms with Crippen molar-refractivity contribution in [3.8, 4) is 11.5 Å². The van der Waals surface area contributed by atoms with E-state index in [1.54, 1.807) is 25.1 Å². The van der Waals surface area contributed by atoms with Gasteiger partial charge >= 0.3 is 6.18 Å². The maximum Gasteiger partial charge on any atom is 0.416 e. The van der Waals surface area contributed by atoms with Gasteiger partial charge in [-0.05, 0) is 42.3 Å². The van der Waals surface area contributed by atoms with Crippen molar-refractivity contribution >= 4 is 29.9 Å². The molecule has 0 fully saturated rings. The van der Waals surface area contributed by atoms with Crippen molar-refractivity contribution in [3.63, 3.8) is 0 Å². The van der Waals surface area contributed by atoms with Crippen molar-refractivity contribution in [2.45, 2.75) is 25.7 Å². The molecule has 32 heavy (non-hydrogen) atoms. The Hall–Kier alpha value is -2.28. The maximum absolute atomic E-state index is 13.3. The van der Waals surface area contributed by atoms with Gasteiger partial charge in [-0.1, -0.05) is 6.07 Å². The van der Waals surface area contributed by atoms with Crippen LogP contribution in [-0.4, -0.2) is 38.4 Å². The van der Waals surface area contributed by atoms with Crippen LogP contribution in [0.4, 0.5) is 17.6 Å². The van der Waals surface area contributed by atoms with Crippen LogP contribution in [0.15, 0.2) is 41.4 Å². The second-order valence-electron chi connectivity index (χ2n) is 6.54. The van der Waals surface area contributed by atoms with E-state index in [9.17, 15) is 22.7 Å². The molecular formula is C21H26F4IN3O3. The van der Waals surface area contributed by atoms with Gasteiger partial charge in [0.2, 0.25) is 0 Å². The molecule has 6 nitrogen and oxygen atoms in total. The SMILES string of the molecule is CCNC(=NCc1ccc(F)cc1C(F)(F)F)NCC(O)c1cc(OC)cc(OC)c1.I. The Morgan fingerprint density at radius 3 is 2.22 bits per heavy atom. The summed E-state index contributed by atoms with van der Waals surface area (Å²) in [5.74, 6) is 0.241. The summed E-state index contributed by atoms with van der Waals surface area (Å²) in [6, 6.07) is 7.42. The molecule has 3 N–H and O–H groups in total. The first-order chi connectivity index (χ1) is 14.7. The number of nitrogens with one attached hydrogen (secondary N) is 2. The number of hydrogen-bond acceptors (Lipinski definition) is 4. The summed E-state index contributed by atoms with van der Waals surface area (Å²) in [6.07, 6.45) is -5.66. The standard InChI is InChI=1S/C21H25F4N3O3.HI/c1-4-26-20(27-11-13-5-6-15(22)9-18(13)21(23,24)25)28-12-19(29)14-7-16(30-2)10-17(8-14)31-3;/h5-10,19,29H,4,11-12H2,1-3H3,(H2,26,27,28);1H. The number of halogens is 5. The topological polar surface area (TPSA) is 75.1 Å².